The van der Waals surface area contributed by atoms with Crippen LogP contribution in [0.2, 0.25) is 0 Å². The lowest BCUT2D eigenvalue weighted by atomic mass is 10.1. The number of sulfonamides is 1. The summed E-state index contributed by atoms with van der Waals surface area (Å²) in [6, 6.07) is 10.5. The molecule has 2 rings (SSSR count). The van der Waals surface area contributed by atoms with E-state index in [0.29, 0.717) is 5.75 Å². The second-order valence-corrected chi connectivity index (χ2v) is 7.09. The summed E-state index contributed by atoms with van der Waals surface area (Å²) < 4.78 is 32.1. The first-order valence-corrected chi connectivity index (χ1v) is 8.71. The van der Waals surface area contributed by atoms with E-state index in [-0.39, 0.29) is 23.7 Å². The fourth-order valence-electron chi connectivity index (χ4n) is 2.19. The van der Waals surface area contributed by atoms with E-state index in [4.69, 9.17) is 4.74 Å². The van der Waals surface area contributed by atoms with Gasteiger partial charge in [-0.05, 0) is 49.2 Å². The van der Waals surface area contributed by atoms with E-state index in [1.807, 2.05) is 32.0 Å². The number of aryl methyl sites for hydroxylation is 2. The molecular formula is C16H18N2O5S. The number of non-ortho nitro benzene ring substituents is 1. The molecule has 0 radical (unpaired) electrons. The highest BCUT2D eigenvalue weighted by Crippen LogP contribution is 2.17. The first kappa shape index (κ1) is 17.9. The Hall–Kier alpha value is -2.45. The fourth-order valence-corrected chi connectivity index (χ4v) is 3.20. The lowest BCUT2D eigenvalue weighted by Gasteiger charge is -2.10. The van der Waals surface area contributed by atoms with Crippen molar-refractivity contribution in [3.05, 3.63) is 63.7 Å². The number of ether oxygens (including phenoxy) is 1. The summed E-state index contributed by atoms with van der Waals surface area (Å²) in [7, 11) is -3.73. The van der Waals surface area contributed by atoms with Crippen molar-refractivity contribution >= 4 is 15.7 Å². The molecule has 8 heteroatoms. The van der Waals surface area contributed by atoms with Gasteiger partial charge in [-0.2, -0.15) is 0 Å². The number of rotatable bonds is 7. The van der Waals surface area contributed by atoms with Crippen molar-refractivity contribution in [2.45, 2.75) is 18.7 Å². The molecule has 0 aliphatic rings. The molecule has 0 fully saturated rings. The zero-order chi connectivity index (χ0) is 17.7. The smallest absolute Gasteiger partial charge is 0.269 e. The lowest BCUT2D eigenvalue weighted by Crippen LogP contribution is -2.28. The molecule has 0 amide bonds. The molecule has 0 aliphatic carbocycles. The summed E-state index contributed by atoms with van der Waals surface area (Å²) in [5.41, 5.74) is 1.97. The average molecular weight is 350 g/mol. The first-order chi connectivity index (χ1) is 11.3. The zero-order valence-corrected chi connectivity index (χ0v) is 14.2. The van der Waals surface area contributed by atoms with Crippen molar-refractivity contribution in [2.24, 2.45) is 0 Å². The maximum Gasteiger partial charge on any atom is 0.269 e. The van der Waals surface area contributed by atoms with Gasteiger partial charge in [0.2, 0.25) is 10.0 Å². The molecule has 1 N–H and O–H groups in total. The standard InChI is InChI=1S/C16H18N2O5S/c1-12-9-13(2)11-15(10-12)23-8-7-17-24(21,22)16-5-3-14(4-6-16)18(19)20/h3-6,9-11,17H,7-8H2,1-2H3. The molecule has 24 heavy (non-hydrogen) atoms. The van der Waals surface area contributed by atoms with Crippen LogP contribution in [0.15, 0.2) is 47.4 Å². The summed E-state index contributed by atoms with van der Waals surface area (Å²) in [5.74, 6) is 0.682. The monoisotopic (exact) mass is 350 g/mol. The molecule has 0 bridgehead atoms. The largest absolute Gasteiger partial charge is 0.492 e. The predicted octanol–water partition coefficient (Wildman–Crippen LogP) is 2.57. The van der Waals surface area contributed by atoms with Gasteiger partial charge in [0.15, 0.2) is 0 Å². The van der Waals surface area contributed by atoms with Crippen LogP contribution in [0.5, 0.6) is 5.75 Å². The molecule has 0 aliphatic heterocycles. The van der Waals surface area contributed by atoms with Crippen LogP contribution < -0.4 is 9.46 Å². The Kier molecular flexibility index (Phi) is 5.53. The van der Waals surface area contributed by atoms with Crippen LogP contribution in [0.25, 0.3) is 0 Å². The van der Waals surface area contributed by atoms with Crippen molar-refractivity contribution < 1.29 is 18.1 Å². The van der Waals surface area contributed by atoms with E-state index in [1.54, 1.807) is 0 Å². The van der Waals surface area contributed by atoms with Crippen molar-refractivity contribution in [3.63, 3.8) is 0 Å². The normalized spacial score (nSPS) is 11.2. The van der Waals surface area contributed by atoms with Crippen LogP contribution in [0.1, 0.15) is 11.1 Å². The van der Waals surface area contributed by atoms with Gasteiger partial charge in [-0.15, -0.1) is 0 Å². The number of nitrogens with zero attached hydrogens (tertiary/aromatic N) is 1. The lowest BCUT2D eigenvalue weighted by molar-refractivity contribution is -0.384. The summed E-state index contributed by atoms with van der Waals surface area (Å²) in [6.07, 6.45) is 0. The molecule has 0 unspecified atom stereocenters. The van der Waals surface area contributed by atoms with Gasteiger partial charge in [-0.3, -0.25) is 10.1 Å². The van der Waals surface area contributed by atoms with Crippen LogP contribution in [0.3, 0.4) is 0 Å². The minimum Gasteiger partial charge on any atom is -0.492 e. The van der Waals surface area contributed by atoms with E-state index >= 15 is 0 Å². The first-order valence-electron chi connectivity index (χ1n) is 7.23. The van der Waals surface area contributed by atoms with Crippen LogP contribution in [0, 0.1) is 24.0 Å². The Balaban J connectivity index is 1.91. The third-order valence-corrected chi connectivity index (χ3v) is 4.69. The third kappa shape index (κ3) is 4.77. The van der Waals surface area contributed by atoms with Crippen molar-refractivity contribution in [1.82, 2.24) is 4.72 Å². The molecule has 0 saturated carbocycles. The Morgan fingerprint density at radius 1 is 1.08 bits per heavy atom. The van der Waals surface area contributed by atoms with Crippen LogP contribution >= 0.6 is 0 Å². The molecule has 0 saturated heterocycles. The number of nitrogens with one attached hydrogen (secondary N) is 1. The van der Waals surface area contributed by atoms with Crippen LogP contribution in [0.4, 0.5) is 5.69 Å². The molecule has 0 aromatic heterocycles. The number of nitro groups is 1. The Labute approximate surface area is 140 Å². The van der Waals surface area contributed by atoms with Gasteiger partial charge in [0, 0.05) is 18.7 Å². The highest BCUT2D eigenvalue weighted by molar-refractivity contribution is 7.89. The quantitative estimate of drug-likeness (QED) is 0.470. The van der Waals surface area contributed by atoms with Crippen molar-refractivity contribution in [1.29, 1.82) is 0 Å². The topological polar surface area (TPSA) is 98.5 Å². The highest BCUT2D eigenvalue weighted by atomic mass is 32.2. The molecular weight excluding hydrogens is 332 g/mol. The Morgan fingerprint density at radius 2 is 1.67 bits per heavy atom. The number of hydrogen-bond acceptors (Lipinski definition) is 5. The van der Waals surface area contributed by atoms with Gasteiger partial charge in [-0.1, -0.05) is 6.07 Å². The van der Waals surface area contributed by atoms with Crippen LogP contribution in [-0.4, -0.2) is 26.5 Å². The van der Waals surface area contributed by atoms with Gasteiger partial charge in [0.05, 0.1) is 9.82 Å². The maximum atomic E-state index is 12.1. The van der Waals surface area contributed by atoms with E-state index in [9.17, 15) is 18.5 Å². The zero-order valence-electron chi connectivity index (χ0n) is 13.4. The maximum absolute atomic E-state index is 12.1. The van der Waals surface area contributed by atoms with E-state index in [0.717, 1.165) is 23.3 Å². The third-order valence-electron chi connectivity index (χ3n) is 3.22. The summed E-state index contributed by atoms with van der Waals surface area (Å²) in [6.45, 7) is 4.18. The van der Waals surface area contributed by atoms with E-state index in [2.05, 4.69) is 4.72 Å². The van der Waals surface area contributed by atoms with E-state index < -0.39 is 14.9 Å². The van der Waals surface area contributed by atoms with Crippen molar-refractivity contribution in [3.8, 4) is 5.75 Å². The minimum absolute atomic E-state index is 0.0282. The Morgan fingerprint density at radius 3 is 2.21 bits per heavy atom. The second kappa shape index (κ2) is 7.41. The van der Waals surface area contributed by atoms with Gasteiger partial charge in [0.1, 0.15) is 12.4 Å². The molecule has 0 spiro atoms. The minimum atomic E-state index is -3.73. The summed E-state index contributed by atoms with van der Waals surface area (Å²) in [5, 5.41) is 10.6. The Bertz CT molecular complexity index is 812. The number of nitro benzene ring substituents is 1. The summed E-state index contributed by atoms with van der Waals surface area (Å²) >= 11 is 0. The fraction of sp³-hybridized carbons (Fsp3) is 0.250. The number of hydrogen-bond donors (Lipinski definition) is 1. The molecule has 128 valence electrons. The second-order valence-electron chi connectivity index (χ2n) is 5.32. The predicted molar refractivity (Wildman–Crippen MR) is 89.7 cm³/mol. The van der Waals surface area contributed by atoms with Crippen LogP contribution in [-0.2, 0) is 10.0 Å². The van der Waals surface area contributed by atoms with Gasteiger partial charge in [0.25, 0.3) is 5.69 Å². The van der Waals surface area contributed by atoms with Crippen molar-refractivity contribution in [2.75, 3.05) is 13.2 Å². The van der Waals surface area contributed by atoms with Gasteiger partial charge in [-0.25, -0.2) is 13.1 Å². The highest BCUT2D eigenvalue weighted by Gasteiger charge is 2.15. The molecule has 2 aromatic carbocycles. The van der Waals surface area contributed by atoms with Gasteiger partial charge >= 0.3 is 0 Å². The average Bonchev–Trinajstić information content (AvgIpc) is 2.51. The molecule has 2 aromatic rings. The number of benzene rings is 2. The van der Waals surface area contributed by atoms with Gasteiger partial charge < -0.3 is 4.74 Å². The summed E-state index contributed by atoms with van der Waals surface area (Å²) in [4.78, 5) is 9.97. The molecule has 0 heterocycles. The molecule has 0 atom stereocenters. The van der Waals surface area contributed by atoms with E-state index in [1.165, 1.54) is 12.1 Å². The molecule has 7 nitrogen and oxygen atoms in total. The SMILES string of the molecule is Cc1cc(C)cc(OCCNS(=O)(=O)c2ccc([N+](=O)[O-])cc2)c1.